The van der Waals surface area contributed by atoms with Gasteiger partial charge in [0.2, 0.25) is 0 Å². The molecule has 1 heterocycles. The Bertz CT molecular complexity index is 1340. The minimum absolute atomic E-state index is 0.173. The summed E-state index contributed by atoms with van der Waals surface area (Å²) in [6.45, 7) is -0.199. The van der Waals surface area contributed by atoms with Crippen LogP contribution in [0.5, 0.6) is 5.75 Å². The second kappa shape index (κ2) is 11.7. The van der Waals surface area contributed by atoms with Gasteiger partial charge >= 0.3 is 0 Å². The molecular weight excluding hydrogens is 509 g/mol. The molecule has 0 saturated heterocycles. The van der Waals surface area contributed by atoms with Gasteiger partial charge in [-0.1, -0.05) is 47.1 Å². The zero-order valence-corrected chi connectivity index (χ0v) is 20.5. The fraction of sp³-hybridized carbons (Fsp3) is 0.0833. The molecular formula is C24H19Cl2N5O3S. The number of benzene rings is 3. The normalized spacial score (nSPS) is 11.0. The Balaban J connectivity index is 1.19. The topological polar surface area (TPSA) is 108 Å². The smallest absolute Gasteiger partial charge is 0.262 e. The number of para-hydroxylation sites is 2. The number of nitrogens with zero attached hydrogens (tertiary/aromatic N) is 2. The number of fused-ring (bicyclic) bond motifs is 1. The zero-order valence-electron chi connectivity index (χ0n) is 18.1. The summed E-state index contributed by atoms with van der Waals surface area (Å²) in [6, 6.07) is 19.3. The maximum atomic E-state index is 12.1. The number of H-pyrrole nitrogens is 1. The fourth-order valence-electron chi connectivity index (χ4n) is 2.92. The average Bonchev–Trinajstić information content (AvgIpc) is 3.28. The highest BCUT2D eigenvalue weighted by Crippen LogP contribution is 2.25. The highest BCUT2D eigenvalue weighted by molar-refractivity contribution is 7.99. The Morgan fingerprint density at radius 1 is 1.06 bits per heavy atom. The summed E-state index contributed by atoms with van der Waals surface area (Å²) in [7, 11) is 0. The number of anilines is 1. The molecule has 1 aromatic heterocycles. The van der Waals surface area contributed by atoms with E-state index in [9.17, 15) is 9.59 Å². The number of halogens is 2. The number of carbonyl (C=O) groups is 2. The first kappa shape index (κ1) is 24.6. The Kier molecular flexibility index (Phi) is 8.25. The molecule has 11 heteroatoms. The molecule has 8 nitrogen and oxygen atoms in total. The number of imidazole rings is 1. The van der Waals surface area contributed by atoms with Crippen molar-refractivity contribution in [1.82, 2.24) is 15.4 Å². The Labute approximate surface area is 215 Å². The lowest BCUT2D eigenvalue weighted by molar-refractivity contribution is -0.119. The van der Waals surface area contributed by atoms with Crippen LogP contribution in [0.15, 0.2) is 77.0 Å². The Hall–Kier alpha value is -3.53. The monoisotopic (exact) mass is 527 g/mol. The summed E-state index contributed by atoms with van der Waals surface area (Å²) in [5.41, 5.74) is 5.42. The lowest BCUT2D eigenvalue weighted by atomic mass is 10.2. The Morgan fingerprint density at radius 2 is 1.86 bits per heavy atom. The standard InChI is InChI=1S/C24H19Cl2N5O3S/c25-16-7-10-18(26)21(11-16)28-22(32)13-34-17-8-5-15(6-9-17)12-27-31-23(33)14-35-24-29-19-3-1-2-4-20(19)30-24/h1-12H,13-14H2,(H,28,32)(H,29,30)(H,31,33)/b27-12-. The van der Waals surface area contributed by atoms with E-state index < -0.39 is 0 Å². The molecule has 0 saturated carbocycles. The first-order valence-corrected chi connectivity index (χ1v) is 12.1. The second-order valence-electron chi connectivity index (χ2n) is 7.17. The number of hydrogen-bond donors (Lipinski definition) is 3. The molecule has 0 radical (unpaired) electrons. The number of thioether (sulfide) groups is 1. The van der Waals surface area contributed by atoms with Gasteiger partial charge in [-0.15, -0.1) is 0 Å². The number of hydrogen-bond acceptors (Lipinski definition) is 6. The van der Waals surface area contributed by atoms with Crippen molar-refractivity contribution < 1.29 is 14.3 Å². The first-order chi connectivity index (χ1) is 17.0. The lowest BCUT2D eigenvalue weighted by Crippen LogP contribution is -2.20. The van der Waals surface area contributed by atoms with Crippen molar-refractivity contribution >= 4 is 69.7 Å². The molecule has 0 aliphatic carbocycles. The SMILES string of the molecule is O=C(CSc1nc2ccccc2[nH]1)N/N=C\c1ccc(OCC(=O)Nc2cc(Cl)ccc2Cl)cc1. The van der Waals surface area contributed by atoms with Crippen LogP contribution in [0.3, 0.4) is 0 Å². The van der Waals surface area contributed by atoms with Crippen LogP contribution in [0.2, 0.25) is 10.0 Å². The average molecular weight is 528 g/mol. The zero-order chi connectivity index (χ0) is 24.6. The predicted molar refractivity (Wildman–Crippen MR) is 140 cm³/mol. The fourth-order valence-corrected chi connectivity index (χ4v) is 3.94. The van der Waals surface area contributed by atoms with Gasteiger partial charge in [-0.3, -0.25) is 9.59 Å². The molecule has 0 spiro atoms. The van der Waals surface area contributed by atoms with Gasteiger partial charge < -0.3 is 15.0 Å². The van der Waals surface area contributed by atoms with Crippen LogP contribution < -0.4 is 15.5 Å². The number of nitrogens with one attached hydrogen (secondary N) is 3. The van der Waals surface area contributed by atoms with Gasteiger partial charge in [-0.2, -0.15) is 5.10 Å². The van der Waals surface area contributed by atoms with Crippen molar-refractivity contribution in [3.05, 3.63) is 82.3 Å². The summed E-state index contributed by atoms with van der Waals surface area (Å²) in [6.07, 6.45) is 1.52. The van der Waals surface area contributed by atoms with E-state index in [0.717, 1.165) is 16.6 Å². The van der Waals surface area contributed by atoms with Gasteiger partial charge in [0.25, 0.3) is 11.8 Å². The van der Waals surface area contributed by atoms with Gasteiger partial charge in [0, 0.05) is 5.02 Å². The van der Waals surface area contributed by atoms with E-state index in [-0.39, 0.29) is 24.2 Å². The third-order valence-electron chi connectivity index (χ3n) is 4.56. The largest absolute Gasteiger partial charge is 0.484 e. The number of hydrazone groups is 1. The van der Waals surface area contributed by atoms with Crippen LogP contribution in [-0.4, -0.2) is 40.4 Å². The number of aromatic amines is 1. The van der Waals surface area contributed by atoms with Crippen LogP contribution >= 0.6 is 35.0 Å². The Morgan fingerprint density at radius 3 is 2.66 bits per heavy atom. The maximum Gasteiger partial charge on any atom is 0.262 e. The van der Waals surface area contributed by atoms with Crippen LogP contribution in [0, 0.1) is 0 Å². The van der Waals surface area contributed by atoms with E-state index >= 15 is 0 Å². The quantitative estimate of drug-likeness (QED) is 0.159. The molecule has 3 N–H and O–H groups in total. The van der Waals surface area contributed by atoms with Gasteiger partial charge in [0.15, 0.2) is 11.8 Å². The van der Waals surface area contributed by atoms with Crippen LogP contribution in [0.4, 0.5) is 5.69 Å². The highest BCUT2D eigenvalue weighted by Gasteiger charge is 2.08. The summed E-state index contributed by atoms with van der Waals surface area (Å²) < 4.78 is 5.49. The third-order valence-corrected chi connectivity index (χ3v) is 6.00. The number of aromatic nitrogens is 2. The summed E-state index contributed by atoms with van der Waals surface area (Å²) in [5.74, 6) is 0.0492. The van der Waals surface area contributed by atoms with Gasteiger partial charge in [0.05, 0.1) is 33.7 Å². The maximum absolute atomic E-state index is 12.1. The van der Waals surface area contributed by atoms with Gasteiger partial charge in [-0.25, -0.2) is 10.4 Å². The molecule has 0 unspecified atom stereocenters. The highest BCUT2D eigenvalue weighted by atomic mass is 35.5. The molecule has 0 bridgehead atoms. The third kappa shape index (κ3) is 7.22. The van der Waals surface area contributed by atoms with Crippen LogP contribution in [-0.2, 0) is 9.59 Å². The molecule has 178 valence electrons. The predicted octanol–water partition coefficient (Wildman–Crippen LogP) is 5.13. The molecule has 2 amide bonds. The number of amides is 2. The van der Waals surface area contributed by atoms with E-state index in [1.807, 2.05) is 24.3 Å². The molecule has 35 heavy (non-hydrogen) atoms. The minimum Gasteiger partial charge on any atom is -0.484 e. The van der Waals surface area contributed by atoms with Gasteiger partial charge in [-0.05, 0) is 60.2 Å². The molecule has 0 aliphatic rings. The van der Waals surface area contributed by atoms with E-state index in [1.54, 1.807) is 42.5 Å². The van der Waals surface area contributed by atoms with E-state index in [2.05, 4.69) is 25.8 Å². The molecule has 0 fully saturated rings. The number of carbonyl (C=O) groups excluding carboxylic acids is 2. The van der Waals surface area contributed by atoms with E-state index in [1.165, 1.54) is 18.0 Å². The lowest BCUT2D eigenvalue weighted by Gasteiger charge is -2.09. The molecule has 0 aliphatic heterocycles. The van der Waals surface area contributed by atoms with E-state index in [0.29, 0.717) is 26.6 Å². The first-order valence-electron chi connectivity index (χ1n) is 10.3. The van der Waals surface area contributed by atoms with Crippen LogP contribution in [0.25, 0.3) is 11.0 Å². The van der Waals surface area contributed by atoms with Crippen molar-refractivity contribution in [2.45, 2.75) is 5.16 Å². The summed E-state index contributed by atoms with van der Waals surface area (Å²) >= 11 is 13.3. The van der Waals surface area contributed by atoms with Crippen molar-refractivity contribution in [3.8, 4) is 5.75 Å². The van der Waals surface area contributed by atoms with Crippen molar-refractivity contribution in [2.24, 2.45) is 5.10 Å². The minimum atomic E-state index is -0.372. The molecule has 4 aromatic rings. The van der Waals surface area contributed by atoms with Gasteiger partial charge in [0.1, 0.15) is 5.75 Å². The summed E-state index contributed by atoms with van der Waals surface area (Å²) in [5, 5.41) is 8.13. The van der Waals surface area contributed by atoms with Crippen molar-refractivity contribution in [2.75, 3.05) is 17.7 Å². The van der Waals surface area contributed by atoms with Crippen molar-refractivity contribution in [1.29, 1.82) is 0 Å². The molecule has 0 atom stereocenters. The number of ether oxygens (including phenoxy) is 1. The second-order valence-corrected chi connectivity index (χ2v) is 8.98. The molecule has 4 rings (SSSR count). The molecule has 3 aromatic carbocycles. The number of rotatable bonds is 9. The van der Waals surface area contributed by atoms with E-state index in [4.69, 9.17) is 27.9 Å². The summed E-state index contributed by atoms with van der Waals surface area (Å²) in [4.78, 5) is 31.7. The van der Waals surface area contributed by atoms with Crippen LogP contribution in [0.1, 0.15) is 5.56 Å². The van der Waals surface area contributed by atoms with Crippen molar-refractivity contribution in [3.63, 3.8) is 0 Å².